The Morgan fingerprint density at radius 2 is 1.66 bits per heavy atom. The maximum Gasteiger partial charge on any atom is 0.323 e. The van der Waals surface area contributed by atoms with Crippen molar-refractivity contribution >= 4 is 29.0 Å². The van der Waals surface area contributed by atoms with Gasteiger partial charge in [0.05, 0.1) is 4.92 Å². The van der Waals surface area contributed by atoms with E-state index in [0.29, 0.717) is 23.8 Å². The van der Waals surface area contributed by atoms with E-state index in [-0.39, 0.29) is 23.3 Å². The van der Waals surface area contributed by atoms with Crippen LogP contribution in [0.3, 0.4) is 0 Å². The quantitative estimate of drug-likeness (QED) is 0.416. The van der Waals surface area contributed by atoms with Crippen LogP contribution < -0.4 is 10.6 Å². The van der Waals surface area contributed by atoms with Gasteiger partial charge in [0.1, 0.15) is 11.4 Å². The summed E-state index contributed by atoms with van der Waals surface area (Å²) in [6.07, 6.45) is 2.00. The van der Waals surface area contributed by atoms with Gasteiger partial charge in [-0.2, -0.15) is 0 Å². The molecule has 3 amide bonds. The molecule has 1 aromatic heterocycles. The third-order valence-corrected chi connectivity index (χ3v) is 6.51. The van der Waals surface area contributed by atoms with Crippen molar-refractivity contribution in [2.24, 2.45) is 0 Å². The molecular weight excluding hydrogens is 450 g/mol. The van der Waals surface area contributed by atoms with E-state index in [0.717, 1.165) is 38.0 Å². The van der Waals surface area contributed by atoms with E-state index in [9.17, 15) is 19.7 Å². The summed E-state index contributed by atoms with van der Waals surface area (Å²) in [4.78, 5) is 40.3. The largest absolute Gasteiger partial charge is 0.451 e. The molecule has 0 saturated carbocycles. The molecule has 35 heavy (non-hydrogen) atoms. The normalized spacial score (nSPS) is 19.1. The molecule has 0 atom stereocenters. The van der Waals surface area contributed by atoms with Crippen LogP contribution in [0.2, 0.25) is 0 Å². The van der Waals surface area contributed by atoms with Gasteiger partial charge in [-0.15, -0.1) is 0 Å². The average molecular weight is 476 g/mol. The average Bonchev–Trinajstić information content (AvgIpc) is 3.17. The minimum atomic E-state index is -0.596. The highest BCUT2D eigenvalue weighted by Gasteiger charge is 2.33. The number of urea groups is 1. The molecule has 2 N–H and O–H groups in total. The van der Waals surface area contributed by atoms with Crippen molar-refractivity contribution in [1.82, 2.24) is 9.80 Å². The van der Waals surface area contributed by atoms with Crippen LogP contribution in [0.15, 0.2) is 65.1 Å². The van der Waals surface area contributed by atoms with Crippen LogP contribution in [-0.2, 0) is 0 Å². The minimum Gasteiger partial charge on any atom is -0.451 e. The van der Waals surface area contributed by atoms with Gasteiger partial charge in [-0.3, -0.25) is 14.9 Å². The molecule has 3 aliphatic heterocycles. The number of fused-ring (bicyclic) bond motifs is 4. The molecular formula is C25H25N5O5. The topological polar surface area (TPSA) is 121 Å². The summed E-state index contributed by atoms with van der Waals surface area (Å²) in [5.41, 5.74) is 1.18. The van der Waals surface area contributed by atoms with Crippen molar-refractivity contribution < 1.29 is 18.9 Å². The summed E-state index contributed by atoms with van der Waals surface area (Å²) in [5.74, 6) is 0.813. The first-order valence-electron chi connectivity index (χ1n) is 11.5. The van der Waals surface area contributed by atoms with Crippen molar-refractivity contribution in [3.05, 3.63) is 76.5 Å². The Labute approximate surface area is 201 Å². The van der Waals surface area contributed by atoms with Crippen molar-refractivity contribution in [3.8, 4) is 11.3 Å². The number of nitrogens with zero attached hydrogens (tertiary/aromatic N) is 3. The van der Waals surface area contributed by atoms with Gasteiger partial charge >= 0.3 is 6.03 Å². The number of para-hydroxylation sites is 2. The van der Waals surface area contributed by atoms with E-state index in [4.69, 9.17) is 4.42 Å². The lowest BCUT2D eigenvalue weighted by Gasteiger charge is -2.30. The Bertz CT molecular complexity index is 1250. The molecule has 3 aromatic rings. The fraction of sp³-hybridized carbons (Fsp3) is 0.280. The fourth-order valence-electron chi connectivity index (χ4n) is 4.64. The van der Waals surface area contributed by atoms with Gasteiger partial charge in [0, 0.05) is 49.5 Å². The lowest BCUT2D eigenvalue weighted by molar-refractivity contribution is -0.383. The zero-order chi connectivity index (χ0) is 24.4. The third-order valence-electron chi connectivity index (χ3n) is 6.51. The SMILES string of the molecule is O=C(Nc1ccc(-c2ccc(C(=O)N3CCN4CCC3CC4)o2)cc1)Nc1ccccc1[N+](=O)[O-]. The van der Waals surface area contributed by atoms with E-state index in [1.807, 2.05) is 4.90 Å². The molecule has 0 spiro atoms. The molecule has 3 fully saturated rings. The Balaban J connectivity index is 1.23. The maximum absolute atomic E-state index is 13.1. The number of nitro benzene ring substituents is 1. The van der Waals surface area contributed by atoms with E-state index < -0.39 is 11.0 Å². The van der Waals surface area contributed by atoms with Crippen LogP contribution in [0.25, 0.3) is 11.3 Å². The van der Waals surface area contributed by atoms with Crippen LogP contribution in [0, 0.1) is 10.1 Å². The number of rotatable bonds is 5. The first-order chi connectivity index (χ1) is 17.0. The van der Waals surface area contributed by atoms with Gasteiger partial charge in [0.2, 0.25) is 0 Å². The fourth-order valence-corrected chi connectivity index (χ4v) is 4.64. The summed E-state index contributed by atoms with van der Waals surface area (Å²) < 4.78 is 5.90. The van der Waals surface area contributed by atoms with Crippen LogP contribution >= 0.6 is 0 Å². The Kier molecular flexibility index (Phi) is 6.19. The zero-order valence-corrected chi connectivity index (χ0v) is 19.0. The van der Waals surface area contributed by atoms with Gasteiger partial charge in [-0.05, 0) is 55.3 Å². The lowest BCUT2D eigenvalue weighted by atomic mass is 10.1. The molecule has 3 saturated heterocycles. The molecule has 3 aliphatic rings. The Morgan fingerprint density at radius 1 is 0.914 bits per heavy atom. The minimum absolute atomic E-state index is 0.0741. The monoisotopic (exact) mass is 475 g/mol. The predicted molar refractivity (Wildman–Crippen MR) is 130 cm³/mol. The molecule has 2 aromatic carbocycles. The summed E-state index contributed by atoms with van der Waals surface area (Å²) in [6.45, 7) is 3.70. The van der Waals surface area contributed by atoms with Gasteiger partial charge in [-0.25, -0.2) is 4.79 Å². The summed E-state index contributed by atoms with van der Waals surface area (Å²) in [5, 5.41) is 16.3. The number of carbonyl (C=O) groups is 2. The highest BCUT2D eigenvalue weighted by atomic mass is 16.6. The second kappa shape index (κ2) is 9.59. The summed E-state index contributed by atoms with van der Waals surface area (Å²) >= 11 is 0. The number of benzene rings is 2. The first kappa shape index (κ1) is 22.6. The molecule has 2 bridgehead atoms. The van der Waals surface area contributed by atoms with Gasteiger partial charge in [0.25, 0.3) is 11.6 Å². The smallest absolute Gasteiger partial charge is 0.323 e. The first-order valence-corrected chi connectivity index (χ1v) is 11.5. The van der Waals surface area contributed by atoms with Crippen LogP contribution in [0.4, 0.5) is 21.9 Å². The van der Waals surface area contributed by atoms with Crippen LogP contribution in [0.1, 0.15) is 23.4 Å². The number of hydrogen-bond donors (Lipinski definition) is 2. The molecule has 0 aliphatic carbocycles. The van der Waals surface area contributed by atoms with E-state index in [2.05, 4.69) is 15.5 Å². The number of furan rings is 1. The Morgan fingerprint density at radius 3 is 2.40 bits per heavy atom. The number of amides is 3. The van der Waals surface area contributed by atoms with Crippen LogP contribution in [-0.4, -0.2) is 58.9 Å². The number of nitro groups is 1. The third kappa shape index (κ3) is 4.87. The highest BCUT2D eigenvalue weighted by molar-refractivity contribution is 6.01. The maximum atomic E-state index is 13.1. The molecule has 0 unspecified atom stereocenters. The number of piperidine rings is 1. The van der Waals surface area contributed by atoms with Gasteiger partial charge in [0.15, 0.2) is 5.76 Å². The van der Waals surface area contributed by atoms with Crippen LogP contribution in [0.5, 0.6) is 0 Å². The molecule has 4 heterocycles. The second-order valence-corrected chi connectivity index (χ2v) is 8.67. The number of hydrogen-bond acceptors (Lipinski definition) is 6. The van der Waals surface area contributed by atoms with Crippen molar-refractivity contribution in [2.45, 2.75) is 18.9 Å². The molecule has 180 valence electrons. The predicted octanol–water partition coefficient (Wildman–Crippen LogP) is 4.42. The summed E-state index contributed by atoms with van der Waals surface area (Å²) in [6, 6.07) is 16.0. The number of nitrogens with one attached hydrogen (secondary N) is 2. The van der Waals surface area contributed by atoms with Crippen molar-refractivity contribution in [2.75, 3.05) is 36.8 Å². The van der Waals surface area contributed by atoms with E-state index in [1.165, 1.54) is 18.2 Å². The summed E-state index contributed by atoms with van der Waals surface area (Å²) in [7, 11) is 0. The van der Waals surface area contributed by atoms with Crippen molar-refractivity contribution in [3.63, 3.8) is 0 Å². The van der Waals surface area contributed by atoms with E-state index >= 15 is 0 Å². The molecule has 10 heteroatoms. The Hall–Kier alpha value is -4.18. The number of carbonyl (C=O) groups excluding carboxylic acids is 2. The molecule has 10 nitrogen and oxygen atoms in total. The van der Waals surface area contributed by atoms with Gasteiger partial charge in [-0.1, -0.05) is 12.1 Å². The standard InChI is InChI=1S/C25H25N5O5/c31-24(29-16-15-28-13-11-19(29)12-14-28)23-10-9-22(35-23)17-5-7-18(8-6-17)26-25(32)27-20-3-1-2-4-21(20)30(33)34/h1-10,19H,11-16H2,(H2,26,27,32). The zero-order valence-electron chi connectivity index (χ0n) is 19.0. The second-order valence-electron chi connectivity index (χ2n) is 8.67. The van der Waals surface area contributed by atoms with Gasteiger partial charge < -0.3 is 24.9 Å². The van der Waals surface area contributed by atoms with E-state index in [1.54, 1.807) is 42.5 Å². The molecule has 6 rings (SSSR count). The molecule has 0 radical (unpaired) electrons. The highest BCUT2D eigenvalue weighted by Crippen LogP contribution is 2.28. The van der Waals surface area contributed by atoms with Crippen molar-refractivity contribution in [1.29, 1.82) is 0 Å². The number of anilines is 2. The lowest BCUT2D eigenvalue weighted by Crippen LogP contribution is -2.41.